The zero-order chi connectivity index (χ0) is 12.0. The summed E-state index contributed by atoms with van der Waals surface area (Å²) in [6, 6.07) is 8.80. The van der Waals surface area contributed by atoms with Crippen molar-refractivity contribution in [1.29, 1.82) is 0 Å². The van der Waals surface area contributed by atoms with E-state index in [-0.39, 0.29) is 6.10 Å². The monoisotopic (exact) mass is 285 g/mol. The summed E-state index contributed by atoms with van der Waals surface area (Å²) in [6.07, 6.45) is 0.139. The molecule has 0 aliphatic rings. The van der Waals surface area contributed by atoms with Crippen LogP contribution in [0.15, 0.2) is 28.7 Å². The molecular weight excluding hydrogens is 266 g/mol. The highest BCUT2D eigenvalue weighted by Gasteiger charge is 2.11. The maximum Gasteiger partial charge on any atom is 0.0949 e. The van der Waals surface area contributed by atoms with Crippen LogP contribution >= 0.6 is 15.9 Å². The quantitative estimate of drug-likeness (QED) is 0.864. The van der Waals surface area contributed by atoms with Crippen LogP contribution in [0.5, 0.6) is 0 Å². The third-order valence-corrected chi connectivity index (χ3v) is 2.85. The molecule has 1 rings (SSSR count). The molecule has 90 valence electrons. The predicted molar refractivity (Wildman–Crippen MR) is 71.6 cm³/mol. The molecule has 16 heavy (non-hydrogen) atoms. The van der Waals surface area contributed by atoms with Crippen LogP contribution in [0.4, 0.5) is 0 Å². The highest BCUT2D eigenvalue weighted by Crippen LogP contribution is 2.19. The minimum Gasteiger partial charge on any atom is -0.372 e. The van der Waals surface area contributed by atoms with Crippen LogP contribution in [-0.4, -0.2) is 19.2 Å². The minimum absolute atomic E-state index is 0.139. The second-order valence-electron chi connectivity index (χ2n) is 4.06. The van der Waals surface area contributed by atoms with E-state index in [1.54, 1.807) is 0 Å². The first kappa shape index (κ1) is 13.7. The summed E-state index contributed by atoms with van der Waals surface area (Å²) in [6.45, 7) is 7.91. The van der Waals surface area contributed by atoms with Crippen LogP contribution in [0.2, 0.25) is 0 Å². The molecule has 0 spiro atoms. The average Bonchev–Trinajstić information content (AvgIpc) is 2.25. The molecule has 0 aromatic heterocycles. The van der Waals surface area contributed by atoms with Crippen LogP contribution in [0, 0.1) is 0 Å². The molecule has 0 aliphatic carbocycles. The van der Waals surface area contributed by atoms with Gasteiger partial charge in [-0.1, -0.05) is 41.9 Å². The third-order valence-electron chi connectivity index (χ3n) is 2.32. The standard InChI is InChI=1S/C13H20BrNO/c1-4-16-13(9-15-10(2)3)11-5-7-12(14)8-6-11/h5-8,10,13,15H,4,9H2,1-3H3. The number of rotatable bonds is 6. The second-order valence-corrected chi connectivity index (χ2v) is 4.97. The van der Waals surface area contributed by atoms with E-state index in [4.69, 9.17) is 4.74 Å². The van der Waals surface area contributed by atoms with Crippen molar-refractivity contribution in [2.45, 2.75) is 32.9 Å². The molecular formula is C13H20BrNO. The van der Waals surface area contributed by atoms with Gasteiger partial charge in [-0.05, 0) is 24.6 Å². The first-order valence-electron chi connectivity index (χ1n) is 5.74. The van der Waals surface area contributed by atoms with E-state index in [0.717, 1.165) is 17.6 Å². The van der Waals surface area contributed by atoms with Gasteiger partial charge >= 0.3 is 0 Å². The Balaban J connectivity index is 2.64. The van der Waals surface area contributed by atoms with E-state index >= 15 is 0 Å². The highest BCUT2D eigenvalue weighted by atomic mass is 79.9. The first-order chi connectivity index (χ1) is 7.63. The zero-order valence-corrected chi connectivity index (χ0v) is 11.8. The van der Waals surface area contributed by atoms with E-state index in [1.807, 2.05) is 6.92 Å². The van der Waals surface area contributed by atoms with Crippen LogP contribution < -0.4 is 5.32 Å². The minimum atomic E-state index is 0.139. The molecule has 0 fully saturated rings. The van der Waals surface area contributed by atoms with Gasteiger partial charge in [-0.3, -0.25) is 0 Å². The summed E-state index contributed by atoms with van der Waals surface area (Å²) in [4.78, 5) is 0. The average molecular weight is 286 g/mol. The predicted octanol–water partition coefficient (Wildman–Crippen LogP) is 3.52. The smallest absolute Gasteiger partial charge is 0.0949 e. The lowest BCUT2D eigenvalue weighted by Crippen LogP contribution is -2.29. The molecule has 0 saturated heterocycles. The summed E-state index contributed by atoms with van der Waals surface area (Å²) < 4.78 is 6.84. The molecule has 3 heteroatoms. The number of nitrogens with one attached hydrogen (secondary N) is 1. The summed E-state index contributed by atoms with van der Waals surface area (Å²) in [5.41, 5.74) is 1.22. The van der Waals surface area contributed by atoms with Crippen molar-refractivity contribution >= 4 is 15.9 Å². The normalized spacial score (nSPS) is 13.1. The molecule has 2 nitrogen and oxygen atoms in total. The Morgan fingerprint density at radius 2 is 1.88 bits per heavy atom. The van der Waals surface area contributed by atoms with Gasteiger partial charge in [-0.25, -0.2) is 0 Å². The SMILES string of the molecule is CCOC(CNC(C)C)c1ccc(Br)cc1. The van der Waals surface area contributed by atoms with E-state index in [9.17, 15) is 0 Å². The van der Waals surface area contributed by atoms with Gasteiger partial charge < -0.3 is 10.1 Å². The lowest BCUT2D eigenvalue weighted by Gasteiger charge is -2.19. The number of ether oxygens (including phenoxy) is 1. The number of benzene rings is 1. The number of halogens is 1. The van der Waals surface area contributed by atoms with Gasteiger partial charge in [-0.2, -0.15) is 0 Å². The van der Waals surface area contributed by atoms with Crippen molar-refractivity contribution in [3.63, 3.8) is 0 Å². The number of hydrogen-bond acceptors (Lipinski definition) is 2. The van der Waals surface area contributed by atoms with Gasteiger partial charge in [0.25, 0.3) is 0 Å². The topological polar surface area (TPSA) is 21.3 Å². The van der Waals surface area contributed by atoms with Crippen molar-refractivity contribution in [3.8, 4) is 0 Å². The number of hydrogen-bond donors (Lipinski definition) is 1. The van der Waals surface area contributed by atoms with Gasteiger partial charge in [0, 0.05) is 23.7 Å². The van der Waals surface area contributed by atoms with Crippen molar-refractivity contribution in [3.05, 3.63) is 34.3 Å². The fraction of sp³-hybridized carbons (Fsp3) is 0.538. The van der Waals surface area contributed by atoms with E-state index in [2.05, 4.69) is 59.4 Å². The molecule has 0 saturated carbocycles. The second kappa shape index (κ2) is 7.05. The molecule has 0 heterocycles. The van der Waals surface area contributed by atoms with Crippen molar-refractivity contribution in [2.24, 2.45) is 0 Å². The Morgan fingerprint density at radius 1 is 1.25 bits per heavy atom. The summed E-state index contributed by atoms with van der Waals surface area (Å²) in [5.74, 6) is 0. The van der Waals surface area contributed by atoms with Crippen LogP contribution in [-0.2, 0) is 4.74 Å². The molecule has 1 unspecified atom stereocenters. The Kier molecular flexibility index (Phi) is 6.03. The highest BCUT2D eigenvalue weighted by molar-refractivity contribution is 9.10. The maximum atomic E-state index is 5.74. The fourth-order valence-electron chi connectivity index (χ4n) is 1.49. The zero-order valence-electron chi connectivity index (χ0n) is 10.2. The molecule has 0 aliphatic heterocycles. The lowest BCUT2D eigenvalue weighted by atomic mass is 10.1. The van der Waals surface area contributed by atoms with Crippen molar-refractivity contribution < 1.29 is 4.74 Å². The van der Waals surface area contributed by atoms with E-state index in [1.165, 1.54) is 5.56 Å². The fourth-order valence-corrected chi connectivity index (χ4v) is 1.76. The maximum absolute atomic E-state index is 5.74. The molecule has 0 bridgehead atoms. The van der Waals surface area contributed by atoms with Gasteiger partial charge in [-0.15, -0.1) is 0 Å². The summed E-state index contributed by atoms with van der Waals surface area (Å²) >= 11 is 3.44. The van der Waals surface area contributed by atoms with Crippen LogP contribution in [0.3, 0.4) is 0 Å². The largest absolute Gasteiger partial charge is 0.372 e. The molecule has 0 radical (unpaired) electrons. The van der Waals surface area contributed by atoms with Gasteiger partial charge in [0.05, 0.1) is 6.10 Å². The third kappa shape index (κ3) is 4.64. The van der Waals surface area contributed by atoms with Gasteiger partial charge in [0.2, 0.25) is 0 Å². The molecule has 1 aromatic carbocycles. The van der Waals surface area contributed by atoms with Crippen LogP contribution in [0.25, 0.3) is 0 Å². The Labute approximate surface area is 107 Å². The van der Waals surface area contributed by atoms with E-state index < -0.39 is 0 Å². The first-order valence-corrected chi connectivity index (χ1v) is 6.53. The molecule has 1 aromatic rings. The summed E-state index contributed by atoms with van der Waals surface area (Å²) in [5, 5.41) is 3.41. The lowest BCUT2D eigenvalue weighted by molar-refractivity contribution is 0.0609. The Hall–Kier alpha value is -0.380. The summed E-state index contributed by atoms with van der Waals surface area (Å²) in [7, 11) is 0. The molecule has 0 amide bonds. The molecule has 1 atom stereocenters. The van der Waals surface area contributed by atoms with E-state index in [0.29, 0.717) is 6.04 Å². The van der Waals surface area contributed by atoms with Crippen molar-refractivity contribution in [2.75, 3.05) is 13.2 Å². The Bertz CT molecular complexity index is 297. The van der Waals surface area contributed by atoms with Crippen LogP contribution in [0.1, 0.15) is 32.4 Å². The Morgan fingerprint density at radius 3 is 2.38 bits per heavy atom. The van der Waals surface area contributed by atoms with Gasteiger partial charge in [0.15, 0.2) is 0 Å². The van der Waals surface area contributed by atoms with Crippen molar-refractivity contribution in [1.82, 2.24) is 5.32 Å². The van der Waals surface area contributed by atoms with Gasteiger partial charge in [0.1, 0.15) is 0 Å². The molecule has 1 N–H and O–H groups in total.